The van der Waals surface area contributed by atoms with Gasteiger partial charge in [0.15, 0.2) is 0 Å². The molecule has 0 bridgehead atoms. The van der Waals surface area contributed by atoms with Crippen LogP contribution in [0.3, 0.4) is 0 Å². The number of hydrogen-bond donors (Lipinski definition) is 6. The van der Waals surface area contributed by atoms with Gasteiger partial charge in [-0.3, -0.25) is 19.2 Å². The molecule has 0 saturated carbocycles. The monoisotopic (exact) mass is 447 g/mol. The lowest BCUT2D eigenvalue weighted by molar-refractivity contribution is -0.143. The van der Waals surface area contributed by atoms with Crippen LogP contribution in [-0.4, -0.2) is 70.9 Å². The number of thioether (sulfide) groups is 1. The molecule has 4 unspecified atom stereocenters. The molecule has 0 aromatic rings. The van der Waals surface area contributed by atoms with Crippen LogP contribution in [0.2, 0.25) is 0 Å². The van der Waals surface area contributed by atoms with Crippen LogP contribution in [0.1, 0.15) is 40.0 Å². The second-order valence-electron chi connectivity index (χ2n) is 7.25. The van der Waals surface area contributed by atoms with E-state index in [1.165, 1.54) is 18.7 Å². The summed E-state index contributed by atoms with van der Waals surface area (Å²) in [5.41, 5.74) is 10.9. The van der Waals surface area contributed by atoms with Crippen LogP contribution >= 0.6 is 11.8 Å². The summed E-state index contributed by atoms with van der Waals surface area (Å²) >= 11 is 1.52. The zero-order valence-electron chi connectivity index (χ0n) is 17.8. The maximum atomic E-state index is 12.6. The molecule has 11 nitrogen and oxygen atoms in total. The van der Waals surface area contributed by atoms with E-state index in [-0.39, 0.29) is 18.8 Å². The Hall–Kier alpha value is -2.34. The van der Waals surface area contributed by atoms with Crippen molar-refractivity contribution in [3.05, 3.63) is 0 Å². The Labute approximate surface area is 180 Å². The average molecular weight is 448 g/mol. The Balaban J connectivity index is 5.08. The molecule has 30 heavy (non-hydrogen) atoms. The Bertz CT molecular complexity index is 630. The second-order valence-corrected chi connectivity index (χ2v) is 8.24. The molecular formula is C18H33N5O6S. The maximum Gasteiger partial charge on any atom is 0.326 e. The summed E-state index contributed by atoms with van der Waals surface area (Å²) in [6, 6.07) is -4.14. The van der Waals surface area contributed by atoms with Crippen molar-refractivity contribution in [1.29, 1.82) is 0 Å². The highest BCUT2D eigenvalue weighted by atomic mass is 32.2. The number of primary amides is 1. The molecule has 0 aliphatic heterocycles. The van der Waals surface area contributed by atoms with Crippen molar-refractivity contribution in [2.75, 3.05) is 12.0 Å². The van der Waals surface area contributed by atoms with E-state index in [9.17, 15) is 29.1 Å². The van der Waals surface area contributed by atoms with Crippen molar-refractivity contribution in [2.45, 2.75) is 64.2 Å². The fourth-order valence-corrected chi connectivity index (χ4v) is 2.87. The predicted octanol–water partition coefficient (Wildman–Crippen LogP) is -1.45. The van der Waals surface area contributed by atoms with Crippen LogP contribution in [0.25, 0.3) is 0 Å². The third-order valence-corrected chi connectivity index (χ3v) is 4.91. The number of hydrogen-bond acceptors (Lipinski definition) is 7. The summed E-state index contributed by atoms with van der Waals surface area (Å²) in [4.78, 5) is 59.4. The molecule has 0 fully saturated rings. The second kappa shape index (κ2) is 13.8. The zero-order chi connectivity index (χ0) is 23.4. The van der Waals surface area contributed by atoms with Gasteiger partial charge in [0.05, 0.1) is 6.04 Å². The third kappa shape index (κ3) is 10.4. The van der Waals surface area contributed by atoms with Gasteiger partial charge in [0.1, 0.15) is 18.1 Å². The lowest BCUT2D eigenvalue weighted by Gasteiger charge is -2.24. The van der Waals surface area contributed by atoms with Crippen molar-refractivity contribution in [3.8, 4) is 0 Å². The quantitative estimate of drug-likeness (QED) is 0.186. The summed E-state index contributed by atoms with van der Waals surface area (Å²) < 4.78 is 0. The van der Waals surface area contributed by atoms with E-state index in [2.05, 4.69) is 16.0 Å². The number of nitrogens with two attached hydrogens (primary N) is 2. The predicted molar refractivity (Wildman–Crippen MR) is 113 cm³/mol. The first-order chi connectivity index (χ1) is 13.9. The molecule has 0 aliphatic carbocycles. The van der Waals surface area contributed by atoms with Crippen LogP contribution in [0.15, 0.2) is 0 Å². The summed E-state index contributed by atoms with van der Waals surface area (Å²) in [6.45, 7) is 4.65. The molecule has 0 rings (SSSR count). The van der Waals surface area contributed by atoms with Gasteiger partial charge >= 0.3 is 5.97 Å². The minimum atomic E-state index is -1.19. The Kier molecular flexibility index (Phi) is 12.7. The third-order valence-electron chi connectivity index (χ3n) is 4.26. The molecule has 12 heteroatoms. The number of carboxylic acids is 1. The Morgan fingerprint density at radius 3 is 2.00 bits per heavy atom. The molecule has 172 valence electrons. The smallest absolute Gasteiger partial charge is 0.326 e. The SMILES string of the molecule is CSCCC(N)C(=O)NC(CCC(N)=O)C(=O)NC(C)C(=O)NC(C(=O)O)C(C)C. The van der Waals surface area contributed by atoms with Crippen LogP contribution < -0.4 is 27.4 Å². The first-order valence-corrected chi connectivity index (χ1v) is 11.0. The van der Waals surface area contributed by atoms with Gasteiger partial charge in [0.2, 0.25) is 23.6 Å². The maximum absolute atomic E-state index is 12.6. The van der Waals surface area contributed by atoms with E-state index in [4.69, 9.17) is 11.5 Å². The van der Waals surface area contributed by atoms with Gasteiger partial charge < -0.3 is 32.5 Å². The highest BCUT2D eigenvalue weighted by molar-refractivity contribution is 7.98. The van der Waals surface area contributed by atoms with E-state index >= 15 is 0 Å². The molecule has 0 saturated heterocycles. The first kappa shape index (κ1) is 27.7. The summed E-state index contributed by atoms with van der Waals surface area (Å²) in [6.07, 6.45) is 2.05. The van der Waals surface area contributed by atoms with Gasteiger partial charge in [-0.2, -0.15) is 11.8 Å². The molecular weight excluding hydrogens is 414 g/mol. The molecule has 4 amide bonds. The molecule has 0 aromatic carbocycles. The van der Waals surface area contributed by atoms with Gasteiger partial charge in [0.25, 0.3) is 0 Å². The number of carboxylic acid groups (broad SMARTS) is 1. The number of carbonyl (C=O) groups excluding carboxylic acids is 4. The van der Waals surface area contributed by atoms with Gasteiger partial charge in [0, 0.05) is 6.42 Å². The fraction of sp³-hybridized carbons (Fsp3) is 0.722. The largest absolute Gasteiger partial charge is 0.480 e. The van der Waals surface area contributed by atoms with Gasteiger partial charge in [-0.15, -0.1) is 0 Å². The Morgan fingerprint density at radius 1 is 0.933 bits per heavy atom. The molecule has 0 aliphatic rings. The van der Waals surface area contributed by atoms with Gasteiger partial charge in [-0.05, 0) is 37.7 Å². The first-order valence-electron chi connectivity index (χ1n) is 9.57. The molecule has 0 aromatic heterocycles. The summed E-state index contributed by atoms with van der Waals surface area (Å²) in [5.74, 6) is -3.51. The van der Waals surface area contributed by atoms with Crippen LogP contribution in [0.4, 0.5) is 0 Å². The minimum absolute atomic E-state index is 0.0692. The van der Waals surface area contributed by atoms with E-state index in [0.29, 0.717) is 12.2 Å². The van der Waals surface area contributed by atoms with Crippen molar-refractivity contribution < 1.29 is 29.1 Å². The number of nitrogens with one attached hydrogen (secondary N) is 3. The fourth-order valence-electron chi connectivity index (χ4n) is 2.38. The average Bonchev–Trinajstić information content (AvgIpc) is 2.65. The van der Waals surface area contributed by atoms with Crippen molar-refractivity contribution in [1.82, 2.24) is 16.0 Å². The van der Waals surface area contributed by atoms with E-state index < -0.39 is 53.8 Å². The Morgan fingerprint density at radius 2 is 1.53 bits per heavy atom. The normalized spacial score (nSPS) is 14.9. The number of aliphatic carboxylic acids is 1. The molecule has 8 N–H and O–H groups in total. The molecule has 0 spiro atoms. The number of amides is 4. The van der Waals surface area contributed by atoms with E-state index in [1.54, 1.807) is 13.8 Å². The van der Waals surface area contributed by atoms with Crippen LogP contribution in [-0.2, 0) is 24.0 Å². The molecule has 4 atom stereocenters. The van der Waals surface area contributed by atoms with Crippen LogP contribution in [0, 0.1) is 5.92 Å². The number of rotatable bonds is 14. The standard InChI is InChI=1S/C18H33N5O6S/c1-9(2)14(18(28)29)23-15(25)10(3)21-17(27)12(5-6-13(20)24)22-16(26)11(19)7-8-30-4/h9-12,14H,5-8,19H2,1-4H3,(H2,20,24)(H,21,27)(H,22,26)(H,23,25)(H,28,29). The summed E-state index contributed by atoms with van der Waals surface area (Å²) in [5, 5.41) is 16.4. The highest BCUT2D eigenvalue weighted by Gasteiger charge is 2.29. The van der Waals surface area contributed by atoms with Crippen molar-refractivity contribution in [3.63, 3.8) is 0 Å². The van der Waals surface area contributed by atoms with Gasteiger partial charge in [-0.25, -0.2) is 4.79 Å². The molecule has 0 heterocycles. The van der Waals surface area contributed by atoms with E-state index in [1.807, 2.05) is 6.26 Å². The van der Waals surface area contributed by atoms with E-state index in [0.717, 1.165) is 0 Å². The lowest BCUT2D eigenvalue weighted by atomic mass is 10.0. The minimum Gasteiger partial charge on any atom is -0.480 e. The highest BCUT2D eigenvalue weighted by Crippen LogP contribution is 2.04. The number of carbonyl (C=O) groups is 5. The molecule has 0 radical (unpaired) electrons. The van der Waals surface area contributed by atoms with Crippen LogP contribution in [0.5, 0.6) is 0 Å². The van der Waals surface area contributed by atoms with Crippen molar-refractivity contribution in [2.24, 2.45) is 17.4 Å². The van der Waals surface area contributed by atoms with Crippen molar-refractivity contribution >= 4 is 41.4 Å². The topological polar surface area (TPSA) is 194 Å². The van der Waals surface area contributed by atoms with Gasteiger partial charge in [-0.1, -0.05) is 13.8 Å². The zero-order valence-corrected chi connectivity index (χ0v) is 18.6. The summed E-state index contributed by atoms with van der Waals surface area (Å²) in [7, 11) is 0. The lowest BCUT2D eigenvalue weighted by Crippen LogP contribution is -2.57.